The van der Waals surface area contributed by atoms with E-state index in [1.54, 1.807) is 6.92 Å². The van der Waals surface area contributed by atoms with Crippen molar-refractivity contribution in [3.63, 3.8) is 0 Å². The summed E-state index contributed by atoms with van der Waals surface area (Å²) >= 11 is 0. The predicted molar refractivity (Wildman–Crippen MR) is 56.4 cm³/mol. The quantitative estimate of drug-likeness (QED) is 0.727. The molecule has 1 saturated heterocycles. The fraction of sp³-hybridized carbons (Fsp3) is 0.600. The minimum atomic E-state index is -1.41. The Labute approximate surface area is 95.7 Å². The Hall–Kier alpha value is -1.47. The lowest BCUT2D eigenvalue weighted by molar-refractivity contribution is -0.0419. The summed E-state index contributed by atoms with van der Waals surface area (Å²) in [6, 6.07) is 1.12. The van der Waals surface area contributed by atoms with Gasteiger partial charge in [-0.1, -0.05) is 6.92 Å². The standard InChI is InChI=1S/C10H13FN2O4/c1-5-6(4-14)17-9(8(5)11)13-3-2-7(15)12-10(13)16/h2-3,5-6,8-9,14H,4H2,1H3,(H,12,15,16)/t5-,6-,8-,9?/m1/s1. The number of aromatic nitrogens is 2. The summed E-state index contributed by atoms with van der Waals surface area (Å²) in [5.74, 6) is -0.510. The lowest BCUT2D eigenvalue weighted by Crippen LogP contribution is -2.34. The van der Waals surface area contributed by atoms with Gasteiger partial charge in [0.05, 0.1) is 12.7 Å². The first-order valence-electron chi connectivity index (χ1n) is 5.26. The number of alkyl halides is 1. The summed E-state index contributed by atoms with van der Waals surface area (Å²) in [6.07, 6.45) is -1.97. The molecule has 0 bridgehead atoms. The van der Waals surface area contributed by atoms with Gasteiger partial charge in [0.15, 0.2) is 12.4 Å². The Balaban J connectivity index is 2.35. The lowest BCUT2D eigenvalue weighted by atomic mass is 10.0. The number of hydrogen-bond acceptors (Lipinski definition) is 4. The number of aromatic amines is 1. The van der Waals surface area contributed by atoms with E-state index < -0.39 is 35.7 Å². The van der Waals surface area contributed by atoms with Crippen molar-refractivity contribution in [3.8, 4) is 0 Å². The van der Waals surface area contributed by atoms with Gasteiger partial charge < -0.3 is 9.84 Å². The second-order valence-corrected chi connectivity index (χ2v) is 4.07. The van der Waals surface area contributed by atoms with Crippen LogP contribution in [0, 0.1) is 5.92 Å². The van der Waals surface area contributed by atoms with E-state index in [4.69, 9.17) is 9.84 Å². The summed E-state index contributed by atoms with van der Waals surface area (Å²) in [4.78, 5) is 24.4. The average Bonchev–Trinajstić information content (AvgIpc) is 2.57. The van der Waals surface area contributed by atoms with Crippen LogP contribution in [0.2, 0.25) is 0 Å². The number of H-pyrrole nitrogens is 1. The van der Waals surface area contributed by atoms with E-state index in [1.165, 1.54) is 6.20 Å². The topological polar surface area (TPSA) is 84.3 Å². The van der Waals surface area contributed by atoms with Crippen molar-refractivity contribution in [1.82, 2.24) is 9.55 Å². The number of rotatable bonds is 2. The Kier molecular flexibility index (Phi) is 3.12. The Morgan fingerprint density at radius 2 is 2.29 bits per heavy atom. The van der Waals surface area contributed by atoms with Crippen LogP contribution in [-0.4, -0.2) is 33.5 Å². The van der Waals surface area contributed by atoms with Crippen molar-refractivity contribution in [2.75, 3.05) is 6.61 Å². The third-order valence-electron chi connectivity index (χ3n) is 2.98. The summed E-state index contributed by atoms with van der Waals surface area (Å²) in [7, 11) is 0. The van der Waals surface area contributed by atoms with Crippen LogP contribution in [0.25, 0.3) is 0 Å². The minimum Gasteiger partial charge on any atom is -0.394 e. The largest absolute Gasteiger partial charge is 0.394 e. The first-order valence-corrected chi connectivity index (χ1v) is 5.26. The van der Waals surface area contributed by atoms with Gasteiger partial charge in [0, 0.05) is 18.2 Å². The van der Waals surface area contributed by atoms with Gasteiger partial charge in [0.1, 0.15) is 0 Å². The molecule has 0 aliphatic carbocycles. The Morgan fingerprint density at radius 1 is 1.59 bits per heavy atom. The number of aliphatic hydroxyl groups is 1. The molecule has 2 heterocycles. The highest BCUT2D eigenvalue weighted by Gasteiger charge is 2.43. The highest BCUT2D eigenvalue weighted by molar-refractivity contribution is 4.91. The molecule has 6 nitrogen and oxygen atoms in total. The van der Waals surface area contributed by atoms with Gasteiger partial charge in [-0.3, -0.25) is 14.3 Å². The fourth-order valence-corrected chi connectivity index (χ4v) is 1.90. The molecule has 1 aromatic heterocycles. The van der Waals surface area contributed by atoms with Gasteiger partial charge in [0.25, 0.3) is 5.56 Å². The minimum absolute atomic E-state index is 0.309. The van der Waals surface area contributed by atoms with E-state index in [9.17, 15) is 14.0 Å². The molecule has 4 atom stereocenters. The van der Waals surface area contributed by atoms with Gasteiger partial charge >= 0.3 is 5.69 Å². The second-order valence-electron chi connectivity index (χ2n) is 4.07. The maximum atomic E-state index is 13.9. The SMILES string of the molecule is C[C@@H]1[C@@H](CO)OC(n2ccc(=O)[nH]c2=O)[C@@H]1F. The molecule has 1 fully saturated rings. The van der Waals surface area contributed by atoms with Crippen LogP contribution < -0.4 is 11.2 Å². The third kappa shape index (κ3) is 2.03. The molecular formula is C10H13FN2O4. The molecule has 1 aliphatic heterocycles. The molecule has 2 rings (SSSR count). The smallest absolute Gasteiger partial charge is 0.330 e. The molecule has 0 saturated carbocycles. The van der Waals surface area contributed by atoms with Crippen LogP contribution in [0.15, 0.2) is 21.9 Å². The van der Waals surface area contributed by atoms with Crippen molar-refractivity contribution >= 4 is 0 Å². The highest BCUT2D eigenvalue weighted by atomic mass is 19.1. The van der Waals surface area contributed by atoms with Gasteiger partial charge in [-0.05, 0) is 0 Å². The number of halogens is 1. The number of aliphatic hydroxyl groups excluding tert-OH is 1. The summed E-state index contributed by atoms with van der Waals surface area (Å²) < 4.78 is 20.1. The van der Waals surface area contributed by atoms with E-state index in [-0.39, 0.29) is 6.61 Å². The molecular weight excluding hydrogens is 231 g/mol. The highest BCUT2D eigenvalue weighted by Crippen LogP contribution is 2.34. The zero-order valence-electron chi connectivity index (χ0n) is 9.17. The van der Waals surface area contributed by atoms with Gasteiger partial charge in [0.2, 0.25) is 0 Å². The molecule has 7 heteroatoms. The van der Waals surface area contributed by atoms with Crippen LogP contribution in [0.4, 0.5) is 4.39 Å². The fourth-order valence-electron chi connectivity index (χ4n) is 1.90. The van der Waals surface area contributed by atoms with Gasteiger partial charge in [-0.2, -0.15) is 0 Å². The number of nitrogens with one attached hydrogen (secondary N) is 1. The zero-order chi connectivity index (χ0) is 12.6. The van der Waals surface area contributed by atoms with E-state index in [0.717, 1.165) is 10.6 Å². The van der Waals surface area contributed by atoms with Crippen LogP contribution in [0.5, 0.6) is 0 Å². The van der Waals surface area contributed by atoms with Crippen LogP contribution >= 0.6 is 0 Å². The molecule has 94 valence electrons. The summed E-state index contributed by atoms with van der Waals surface area (Å²) in [6.45, 7) is 1.29. The molecule has 0 spiro atoms. The molecule has 1 aliphatic rings. The number of nitrogens with zero attached hydrogens (tertiary/aromatic N) is 1. The molecule has 0 aromatic carbocycles. The maximum absolute atomic E-state index is 13.9. The van der Waals surface area contributed by atoms with Crippen molar-refractivity contribution in [1.29, 1.82) is 0 Å². The first-order chi connectivity index (χ1) is 8.04. The summed E-state index contributed by atoms with van der Waals surface area (Å²) in [5, 5.41) is 9.00. The van der Waals surface area contributed by atoms with Crippen molar-refractivity contribution in [2.45, 2.75) is 25.4 Å². The predicted octanol–water partition coefficient (Wildman–Crippen LogP) is -0.600. The van der Waals surface area contributed by atoms with Gasteiger partial charge in [-0.15, -0.1) is 0 Å². The summed E-state index contributed by atoms with van der Waals surface area (Å²) in [5.41, 5.74) is -1.28. The zero-order valence-corrected chi connectivity index (χ0v) is 9.17. The van der Waals surface area contributed by atoms with Crippen LogP contribution in [0.1, 0.15) is 13.2 Å². The second kappa shape index (κ2) is 4.42. The van der Waals surface area contributed by atoms with Crippen molar-refractivity contribution in [2.24, 2.45) is 5.92 Å². The molecule has 0 amide bonds. The van der Waals surface area contributed by atoms with Crippen molar-refractivity contribution in [3.05, 3.63) is 33.1 Å². The molecule has 1 aromatic rings. The van der Waals surface area contributed by atoms with Crippen LogP contribution in [-0.2, 0) is 4.74 Å². The molecule has 1 unspecified atom stereocenters. The van der Waals surface area contributed by atoms with Gasteiger partial charge in [-0.25, -0.2) is 9.18 Å². The number of hydrogen-bond donors (Lipinski definition) is 2. The molecule has 2 N–H and O–H groups in total. The van der Waals surface area contributed by atoms with E-state index in [2.05, 4.69) is 0 Å². The first kappa shape index (κ1) is 12.0. The van der Waals surface area contributed by atoms with Crippen LogP contribution in [0.3, 0.4) is 0 Å². The number of ether oxygens (including phenoxy) is 1. The lowest BCUT2D eigenvalue weighted by Gasteiger charge is -2.15. The molecule has 0 radical (unpaired) electrons. The normalized spacial score (nSPS) is 32.9. The van der Waals surface area contributed by atoms with Crippen molar-refractivity contribution < 1.29 is 14.2 Å². The van der Waals surface area contributed by atoms with E-state index in [0.29, 0.717) is 0 Å². The maximum Gasteiger partial charge on any atom is 0.330 e. The Morgan fingerprint density at radius 3 is 2.82 bits per heavy atom. The Bertz CT molecular complexity index is 512. The molecule has 17 heavy (non-hydrogen) atoms. The monoisotopic (exact) mass is 244 g/mol. The van der Waals surface area contributed by atoms with E-state index in [1.807, 2.05) is 4.98 Å². The average molecular weight is 244 g/mol. The third-order valence-corrected chi connectivity index (χ3v) is 2.98. The van der Waals surface area contributed by atoms with E-state index >= 15 is 0 Å².